The van der Waals surface area contributed by atoms with Crippen LogP contribution >= 0.6 is 0 Å². The third-order valence-corrected chi connectivity index (χ3v) is 5.83. The van der Waals surface area contributed by atoms with E-state index in [-0.39, 0.29) is 5.76 Å². The van der Waals surface area contributed by atoms with Crippen LogP contribution in [0.1, 0.15) is 49.7 Å². The summed E-state index contributed by atoms with van der Waals surface area (Å²) in [6.45, 7) is 3.40. The summed E-state index contributed by atoms with van der Waals surface area (Å²) >= 11 is 0. The molecule has 1 heterocycles. The van der Waals surface area contributed by atoms with Gasteiger partial charge in [0.2, 0.25) is 0 Å². The number of hydrogen-bond acceptors (Lipinski definition) is 3. The van der Waals surface area contributed by atoms with Gasteiger partial charge < -0.3 is 9.73 Å². The van der Waals surface area contributed by atoms with Crippen LogP contribution in [0.5, 0.6) is 0 Å². The minimum atomic E-state index is -0.375. The van der Waals surface area contributed by atoms with Gasteiger partial charge in [0.15, 0.2) is 5.58 Å². The molecule has 1 aromatic heterocycles. The number of aromatic nitrogens is 1. The highest BCUT2D eigenvalue weighted by molar-refractivity contribution is 5.72. The third-order valence-electron chi connectivity index (χ3n) is 5.83. The van der Waals surface area contributed by atoms with Crippen molar-refractivity contribution in [2.45, 2.75) is 51.0 Å². The molecular formula is C23H28N2O2. The van der Waals surface area contributed by atoms with E-state index in [0.717, 1.165) is 18.5 Å². The molecule has 1 atom stereocenters. The van der Waals surface area contributed by atoms with E-state index in [4.69, 9.17) is 4.42 Å². The lowest BCUT2D eigenvalue weighted by Gasteiger charge is -2.30. The summed E-state index contributed by atoms with van der Waals surface area (Å²) in [6.07, 6.45) is 5.91. The molecule has 3 aromatic rings. The van der Waals surface area contributed by atoms with Crippen molar-refractivity contribution in [2.75, 3.05) is 6.54 Å². The van der Waals surface area contributed by atoms with Crippen molar-refractivity contribution in [2.24, 2.45) is 5.92 Å². The summed E-state index contributed by atoms with van der Waals surface area (Å²) in [4.78, 5) is 14.0. The molecular weight excluding hydrogens is 336 g/mol. The normalized spacial score (nSPS) is 21.4. The van der Waals surface area contributed by atoms with Crippen molar-refractivity contribution in [3.05, 3.63) is 70.2 Å². The molecule has 1 fully saturated rings. The molecule has 4 nitrogen and oxygen atoms in total. The summed E-state index contributed by atoms with van der Waals surface area (Å²) in [6, 6.07) is 17.5. The first-order valence-corrected chi connectivity index (χ1v) is 10.1. The third kappa shape index (κ3) is 4.51. The Morgan fingerprint density at radius 2 is 1.89 bits per heavy atom. The Morgan fingerprint density at radius 3 is 2.67 bits per heavy atom. The van der Waals surface area contributed by atoms with Gasteiger partial charge in [-0.3, -0.25) is 4.98 Å². The maximum atomic E-state index is 11.3. The fraction of sp³-hybridized carbons (Fsp3) is 0.435. The molecule has 0 bridgehead atoms. The van der Waals surface area contributed by atoms with Gasteiger partial charge in [-0.2, -0.15) is 0 Å². The monoisotopic (exact) mass is 364 g/mol. The number of oxazole rings is 1. The highest BCUT2D eigenvalue weighted by Crippen LogP contribution is 2.34. The maximum Gasteiger partial charge on any atom is 0.417 e. The van der Waals surface area contributed by atoms with Crippen molar-refractivity contribution in [3.63, 3.8) is 0 Å². The zero-order chi connectivity index (χ0) is 18.6. The Morgan fingerprint density at radius 1 is 1.11 bits per heavy atom. The van der Waals surface area contributed by atoms with Crippen LogP contribution in [0.3, 0.4) is 0 Å². The van der Waals surface area contributed by atoms with Crippen molar-refractivity contribution < 1.29 is 4.42 Å². The Bertz CT molecular complexity index is 920. The lowest BCUT2D eigenvalue weighted by atomic mass is 9.81. The van der Waals surface area contributed by atoms with E-state index < -0.39 is 0 Å². The molecule has 0 spiro atoms. The molecule has 0 amide bonds. The van der Waals surface area contributed by atoms with E-state index in [0.29, 0.717) is 23.5 Å². The average Bonchev–Trinajstić information content (AvgIpc) is 3.07. The van der Waals surface area contributed by atoms with Crippen molar-refractivity contribution in [1.82, 2.24) is 10.3 Å². The zero-order valence-electron chi connectivity index (χ0n) is 15.9. The number of hydrogen-bond donors (Lipinski definition) is 2. The summed E-state index contributed by atoms with van der Waals surface area (Å²) in [7, 11) is 0. The van der Waals surface area contributed by atoms with Crippen molar-refractivity contribution in [1.29, 1.82) is 0 Å². The largest absolute Gasteiger partial charge is 0.417 e. The van der Waals surface area contributed by atoms with Gasteiger partial charge in [-0.05, 0) is 73.7 Å². The Labute approximate surface area is 160 Å². The summed E-state index contributed by atoms with van der Waals surface area (Å²) < 4.78 is 5.21. The molecule has 4 rings (SSSR count). The topological polar surface area (TPSA) is 58.0 Å². The van der Waals surface area contributed by atoms with E-state index >= 15 is 0 Å². The van der Waals surface area contributed by atoms with E-state index in [9.17, 15) is 4.79 Å². The van der Waals surface area contributed by atoms with Gasteiger partial charge in [0.1, 0.15) is 0 Å². The minimum Gasteiger partial charge on any atom is -0.408 e. The van der Waals surface area contributed by atoms with Gasteiger partial charge in [0.05, 0.1) is 5.52 Å². The molecule has 1 saturated carbocycles. The van der Waals surface area contributed by atoms with E-state index in [1.165, 1.54) is 36.8 Å². The van der Waals surface area contributed by atoms with Crippen LogP contribution in [-0.4, -0.2) is 17.6 Å². The Kier molecular flexibility index (Phi) is 5.44. The van der Waals surface area contributed by atoms with Gasteiger partial charge >= 0.3 is 5.76 Å². The second kappa shape index (κ2) is 8.13. The maximum absolute atomic E-state index is 11.3. The quantitative estimate of drug-likeness (QED) is 0.671. The first-order chi connectivity index (χ1) is 13.2. The van der Waals surface area contributed by atoms with E-state index in [2.05, 4.69) is 53.6 Å². The van der Waals surface area contributed by atoms with Gasteiger partial charge in [0.25, 0.3) is 0 Å². The molecule has 2 aromatic carbocycles. The number of nitrogens with one attached hydrogen (secondary N) is 2. The molecule has 1 unspecified atom stereocenters. The van der Waals surface area contributed by atoms with Crippen molar-refractivity contribution >= 4 is 11.1 Å². The van der Waals surface area contributed by atoms with Gasteiger partial charge in [-0.1, -0.05) is 43.3 Å². The number of H-pyrrole nitrogens is 1. The van der Waals surface area contributed by atoms with E-state index in [1.54, 1.807) is 0 Å². The van der Waals surface area contributed by atoms with E-state index in [1.807, 2.05) is 12.1 Å². The van der Waals surface area contributed by atoms with Crippen LogP contribution < -0.4 is 11.1 Å². The van der Waals surface area contributed by atoms with Crippen LogP contribution in [0.2, 0.25) is 0 Å². The number of fused-ring (bicyclic) bond motifs is 1. The molecule has 2 N–H and O–H groups in total. The first-order valence-electron chi connectivity index (χ1n) is 10.1. The van der Waals surface area contributed by atoms with Crippen LogP contribution in [-0.2, 0) is 6.42 Å². The van der Waals surface area contributed by atoms with Crippen LogP contribution in [0.4, 0.5) is 0 Å². The lowest BCUT2D eigenvalue weighted by molar-refractivity contribution is 0.327. The number of benzene rings is 2. The smallest absolute Gasteiger partial charge is 0.408 e. The van der Waals surface area contributed by atoms with Crippen LogP contribution in [0.15, 0.2) is 57.7 Å². The molecule has 0 saturated heterocycles. The molecule has 142 valence electrons. The Hall–Kier alpha value is -2.33. The highest BCUT2D eigenvalue weighted by Gasteiger charge is 2.23. The predicted octanol–water partition coefficient (Wildman–Crippen LogP) is 4.62. The van der Waals surface area contributed by atoms with Crippen LogP contribution in [0.25, 0.3) is 11.1 Å². The van der Waals surface area contributed by atoms with Gasteiger partial charge in [-0.25, -0.2) is 4.79 Å². The second-order valence-electron chi connectivity index (χ2n) is 8.02. The molecule has 27 heavy (non-hydrogen) atoms. The summed E-state index contributed by atoms with van der Waals surface area (Å²) in [5.41, 5.74) is 4.17. The second-order valence-corrected chi connectivity index (χ2v) is 8.02. The van der Waals surface area contributed by atoms with Gasteiger partial charge in [-0.15, -0.1) is 0 Å². The number of rotatable bonds is 6. The zero-order valence-corrected chi connectivity index (χ0v) is 15.9. The number of aromatic amines is 1. The SMILES string of the molecule is CC(CNC1CCC(c2ccc3[nH]c(=O)oc3c2)CC1)Cc1ccccc1. The molecule has 0 aliphatic heterocycles. The molecule has 4 heteroatoms. The summed E-state index contributed by atoms with van der Waals surface area (Å²) in [5, 5.41) is 3.78. The summed E-state index contributed by atoms with van der Waals surface area (Å²) in [5.74, 6) is 0.832. The predicted molar refractivity (Wildman–Crippen MR) is 109 cm³/mol. The molecule has 0 radical (unpaired) electrons. The fourth-order valence-electron chi connectivity index (χ4n) is 4.30. The Balaban J connectivity index is 1.26. The first kappa shape index (κ1) is 18.1. The highest BCUT2D eigenvalue weighted by atomic mass is 16.4. The molecule has 1 aliphatic carbocycles. The average molecular weight is 364 g/mol. The van der Waals surface area contributed by atoms with Gasteiger partial charge in [0, 0.05) is 6.04 Å². The lowest BCUT2D eigenvalue weighted by Crippen LogP contribution is -2.36. The molecule has 1 aliphatic rings. The minimum absolute atomic E-state index is 0.375. The fourth-order valence-corrected chi connectivity index (χ4v) is 4.30. The van der Waals surface area contributed by atoms with Crippen LogP contribution in [0, 0.1) is 5.92 Å². The van der Waals surface area contributed by atoms with Crippen molar-refractivity contribution in [3.8, 4) is 0 Å². The standard InChI is InChI=1S/C23H28N2O2/c1-16(13-17-5-3-2-4-6-17)15-24-20-10-7-18(8-11-20)19-9-12-21-22(14-19)27-23(26)25-21/h2-6,9,12,14,16,18,20,24H,7-8,10-11,13,15H2,1H3,(H,25,26).